The molecule has 0 bridgehead atoms. The molecule has 0 spiro atoms. The van der Waals surface area contributed by atoms with Gasteiger partial charge < -0.3 is 5.73 Å². The third-order valence-corrected chi connectivity index (χ3v) is 13.6. The number of rotatable bonds is 51. The molecule has 0 atom stereocenters. The minimum absolute atomic E-state index is 0. The lowest BCUT2D eigenvalue weighted by Crippen LogP contribution is -2.39. The lowest BCUT2D eigenvalue weighted by atomic mass is 9.82. The molecule has 0 heterocycles. The predicted octanol–water partition coefficient (Wildman–Crippen LogP) is 21.1. The van der Waals surface area contributed by atoms with E-state index in [0.717, 1.165) is 0 Å². The van der Waals surface area contributed by atoms with Crippen molar-refractivity contribution in [2.24, 2.45) is 5.73 Å². The quantitative estimate of drug-likeness (QED) is 0.0608. The molecule has 0 amide bonds. The first kappa shape index (κ1) is 59.3. The number of unbranched alkanes of at least 4 members (excludes halogenated alkanes) is 45. The molecule has 0 rings (SSSR count). The van der Waals surface area contributed by atoms with Crippen molar-refractivity contribution in [1.29, 1.82) is 0 Å². The van der Waals surface area contributed by atoms with E-state index in [1.54, 1.807) is 0 Å². The Balaban J connectivity index is 0. The SMILES string of the molecule is CCCCCCCCCCCCCCCCCCC(N)(CCCCCCCCCCCCCCCCCC)CCCCCCCCCCCCCCCCCC.Cl. The third-order valence-electron chi connectivity index (χ3n) is 13.6. The first-order valence-corrected chi connectivity index (χ1v) is 27.5. The van der Waals surface area contributed by atoms with E-state index >= 15 is 0 Å². The molecule has 2 N–H and O–H groups in total. The van der Waals surface area contributed by atoms with E-state index < -0.39 is 0 Å². The van der Waals surface area contributed by atoms with Crippen molar-refractivity contribution in [3.8, 4) is 0 Å². The lowest BCUT2D eigenvalue weighted by Gasteiger charge is -2.30. The van der Waals surface area contributed by atoms with Crippen LogP contribution in [0, 0.1) is 0 Å². The summed E-state index contributed by atoms with van der Waals surface area (Å²) in [7, 11) is 0. The van der Waals surface area contributed by atoms with Gasteiger partial charge in [-0.15, -0.1) is 12.4 Å². The van der Waals surface area contributed by atoms with Crippen molar-refractivity contribution < 1.29 is 0 Å². The maximum absolute atomic E-state index is 7.28. The summed E-state index contributed by atoms with van der Waals surface area (Å²) >= 11 is 0. The molecule has 0 aromatic heterocycles. The molecule has 346 valence electrons. The van der Waals surface area contributed by atoms with Crippen LogP contribution in [0.3, 0.4) is 0 Å². The number of halogens is 1. The topological polar surface area (TPSA) is 26.0 Å². The van der Waals surface area contributed by atoms with E-state index in [0.29, 0.717) is 0 Å². The summed E-state index contributed by atoms with van der Waals surface area (Å²) in [5, 5.41) is 0. The highest BCUT2D eigenvalue weighted by Crippen LogP contribution is 2.27. The molecule has 0 aromatic rings. The second kappa shape index (κ2) is 52.4. The molecule has 0 fully saturated rings. The van der Waals surface area contributed by atoms with E-state index in [4.69, 9.17) is 5.73 Å². The standard InChI is InChI=1S/C55H113N.ClH/c1-4-7-10-13-16-19-22-25-28-31-34-37-40-43-46-49-52-55(56,53-50-47-44-41-38-35-32-29-26-23-20-17-14-11-8-5-2)54-51-48-45-42-39-36-33-30-27-24-21-18-15-12-9-6-3;/h4-54,56H2,1-3H3;1H. The van der Waals surface area contributed by atoms with Gasteiger partial charge in [0.25, 0.3) is 0 Å². The average molecular weight is 825 g/mol. The molecule has 0 saturated carbocycles. The Morgan fingerprint density at radius 2 is 0.298 bits per heavy atom. The predicted molar refractivity (Wildman–Crippen MR) is 267 cm³/mol. The molecule has 0 unspecified atom stereocenters. The zero-order chi connectivity index (χ0) is 40.6. The van der Waals surface area contributed by atoms with Gasteiger partial charge in [-0.05, 0) is 19.3 Å². The van der Waals surface area contributed by atoms with Gasteiger partial charge in [-0.1, -0.05) is 329 Å². The lowest BCUT2D eigenvalue weighted by molar-refractivity contribution is 0.302. The molecule has 1 nitrogen and oxygen atoms in total. The van der Waals surface area contributed by atoms with E-state index in [2.05, 4.69) is 20.8 Å². The highest BCUT2D eigenvalue weighted by Gasteiger charge is 2.23. The molecule has 0 aliphatic carbocycles. The summed E-state index contributed by atoms with van der Waals surface area (Å²) in [4.78, 5) is 0. The van der Waals surface area contributed by atoms with Crippen molar-refractivity contribution in [2.45, 2.75) is 354 Å². The van der Waals surface area contributed by atoms with Crippen LogP contribution in [-0.2, 0) is 0 Å². The summed E-state index contributed by atoms with van der Waals surface area (Å²) in [5.74, 6) is 0. The second-order valence-electron chi connectivity index (χ2n) is 19.5. The van der Waals surface area contributed by atoms with Gasteiger partial charge in [0, 0.05) is 5.54 Å². The van der Waals surface area contributed by atoms with Gasteiger partial charge in [0.2, 0.25) is 0 Å². The minimum atomic E-state index is 0. The fraction of sp³-hybridized carbons (Fsp3) is 1.00. The van der Waals surface area contributed by atoms with Gasteiger partial charge in [-0.25, -0.2) is 0 Å². The van der Waals surface area contributed by atoms with Crippen LogP contribution in [0.15, 0.2) is 0 Å². The largest absolute Gasteiger partial charge is 0.325 e. The molecule has 57 heavy (non-hydrogen) atoms. The third kappa shape index (κ3) is 50.5. The first-order chi connectivity index (χ1) is 27.7. The van der Waals surface area contributed by atoms with Crippen LogP contribution in [0.4, 0.5) is 0 Å². The summed E-state index contributed by atoms with van der Waals surface area (Å²) < 4.78 is 0. The summed E-state index contributed by atoms with van der Waals surface area (Å²) in [6.45, 7) is 6.95. The van der Waals surface area contributed by atoms with Crippen LogP contribution in [-0.4, -0.2) is 5.54 Å². The van der Waals surface area contributed by atoms with E-state index in [1.165, 1.54) is 327 Å². The van der Waals surface area contributed by atoms with Crippen molar-refractivity contribution in [2.75, 3.05) is 0 Å². The Kier molecular flexibility index (Phi) is 54.5. The van der Waals surface area contributed by atoms with Gasteiger partial charge in [0.05, 0.1) is 0 Å². The molecule has 0 saturated heterocycles. The highest BCUT2D eigenvalue weighted by molar-refractivity contribution is 5.85. The van der Waals surface area contributed by atoms with Gasteiger partial charge >= 0.3 is 0 Å². The van der Waals surface area contributed by atoms with Crippen LogP contribution in [0.1, 0.15) is 348 Å². The van der Waals surface area contributed by atoms with Gasteiger partial charge in [-0.2, -0.15) is 0 Å². The van der Waals surface area contributed by atoms with Crippen molar-refractivity contribution in [3.63, 3.8) is 0 Å². The Morgan fingerprint density at radius 3 is 0.421 bits per heavy atom. The van der Waals surface area contributed by atoms with Gasteiger partial charge in [0.1, 0.15) is 0 Å². The summed E-state index contributed by atoms with van der Waals surface area (Å²) in [5.41, 5.74) is 7.39. The van der Waals surface area contributed by atoms with Crippen LogP contribution < -0.4 is 5.73 Å². The molecule has 0 aliphatic heterocycles. The molecule has 0 aromatic carbocycles. The zero-order valence-corrected chi connectivity index (χ0v) is 41.4. The highest BCUT2D eigenvalue weighted by atomic mass is 35.5. The van der Waals surface area contributed by atoms with Gasteiger partial charge in [-0.3, -0.25) is 0 Å². The van der Waals surface area contributed by atoms with Crippen molar-refractivity contribution in [3.05, 3.63) is 0 Å². The van der Waals surface area contributed by atoms with Crippen LogP contribution in [0.25, 0.3) is 0 Å². The monoisotopic (exact) mass is 824 g/mol. The van der Waals surface area contributed by atoms with Crippen molar-refractivity contribution in [1.82, 2.24) is 0 Å². The molecular weight excluding hydrogens is 710 g/mol. The second-order valence-corrected chi connectivity index (χ2v) is 19.5. The zero-order valence-electron chi connectivity index (χ0n) is 40.5. The number of hydrogen-bond acceptors (Lipinski definition) is 1. The van der Waals surface area contributed by atoms with Crippen LogP contribution in [0.2, 0.25) is 0 Å². The van der Waals surface area contributed by atoms with E-state index in [1.807, 2.05) is 0 Å². The van der Waals surface area contributed by atoms with Crippen molar-refractivity contribution >= 4 is 12.4 Å². The maximum atomic E-state index is 7.28. The van der Waals surface area contributed by atoms with Gasteiger partial charge in [0.15, 0.2) is 0 Å². The van der Waals surface area contributed by atoms with E-state index in [-0.39, 0.29) is 17.9 Å². The van der Waals surface area contributed by atoms with E-state index in [9.17, 15) is 0 Å². The summed E-state index contributed by atoms with van der Waals surface area (Å²) in [6.07, 6.45) is 73.4. The molecular formula is C55H114ClN. The smallest absolute Gasteiger partial charge is 0.0154 e. The Labute approximate surface area is 370 Å². The Morgan fingerprint density at radius 1 is 0.193 bits per heavy atom. The minimum Gasteiger partial charge on any atom is -0.325 e. The maximum Gasteiger partial charge on any atom is 0.0154 e. The Bertz CT molecular complexity index is 589. The first-order valence-electron chi connectivity index (χ1n) is 27.5. The molecule has 0 radical (unpaired) electrons. The number of hydrogen-bond donors (Lipinski definition) is 1. The summed E-state index contributed by atoms with van der Waals surface area (Å²) in [6, 6.07) is 0. The van der Waals surface area contributed by atoms with Crippen LogP contribution in [0.5, 0.6) is 0 Å². The molecule has 0 aliphatic rings. The Hall–Kier alpha value is 0.250. The average Bonchev–Trinajstić information content (AvgIpc) is 3.20. The fourth-order valence-electron chi connectivity index (χ4n) is 9.45. The normalized spacial score (nSPS) is 11.8. The number of nitrogens with two attached hydrogens (primary N) is 1. The molecule has 2 heteroatoms. The van der Waals surface area contributed by atoms with Crippen LogP contribution >= 0.6 is 12.4 Å². The fourth-order valence-corrected chi connectivity index (χ4v) is 9.45.